The fourth-order valence-electron chi connectivity index (χ4n) is 2.08. The van der Waals surface area contributed by atoms with E-state index in [9.17, 15) is 0 Å². The van der Waals surface area contributed by atoms with Crippen LogP contribution in [0.1, 0.15) is 0 Å². The number of hydrogen-bond acceptors (Lipinski definition) is 4. The van der Waals surface area contributed by atoms with E-state index in [-0.39, 0.29) is 0 Å². The van der Waals surface area contributed by atoms with Crippen molar-refractivity contribution in [1.29, 1.82) is 0 Å². The standard InChI is InChI=1S/C17H15NO2S/c1-19-14-8-13(9-15(10-14)20-2)17-18-16(11-21-17)12-6-4-3-5-7-12/h3-11H,1-2H3. The molecule has 4 heteroatoms. The minimum Gasteiger partial charge on any atom is -0.497 e. The zero-order chi connectivity index (χ0) is 14.7. The second kappa shape index (κ2) is 5.97. The predicted molar refractivity (Wildman–Crippen MR) is 86.1 cm³/mol. The Hall–Kier alpha value is -2.33. The molecule has 0 spiro atoms. The summed E-state index contributed by atoms with van der Waals surface area (Å²) in [5.74, 6) is 1.53. The van der Waals surface area contributed by atoms with Crippen molar-refractivity contribution in [2.24, 2.45) is 0 Å². The van der Waals surface area contributed by atoms with Crippen molar-refractivity contribution in [2.75, 3.05) is 14.2 Å². The Morgan fingerprint density at radius 2 is 1.52 bits per heavy atom. The Morgan fingerprint density at radius 3 is 2.14 bits per heavy atom. The fraction of sp³-hybridized carbons (Fsp3) is 0.118. The first-order valence-corrected chi connectivity index (χ1v) is 7.42. The van der Waals surface area contributed by atoms with Crippen LogP contribution < -0.4 is 9.47 Å². The van der Waals surface area contributed by atoms with Gasteiger partial charge in [0.1, 0.15) is 16.5 Å². The topological polar surface area (TPSA) is 31.4 Å². The Kier molecular flexibility index (Phi) is 3.88. The molecule has 1 heterocycles. The molecular formula is C17H15NO2S. The lowest BCUT2D eigenvalue weighted by Gasteiger charge is -2.06. The van der Waals surface area contributed by atoms with Crippen molar-refractivity contribution < 1.29 is 9.47 Å². The molecule has 106 valence electrons. The maximum Gasteiger partial charge on any atom is 0.124 e. The smallest absolute Gasteiger partial charge is 0.124 e. The Labute approximate surface area is 127 Å². The van der Waals surface area contributed by atoms with Crippen LogP contribution in [0.15, 0.2) is 53.9 Å². The number of benzene rings is 2. The van der Waals surface area contributed by atoms with Crippen LogP contribution in [0, 0.1) is 0 Å². The van der Waals surface area contributed by atoms with Gasteiger partial charge in [0.05, 0.1) is 19.9 Å². The number of aromatic nitrogens is 1. The third kappa shape index (κ3) is 2.90. The molecule has 0 N–H and O–H groups in total. The lowest BCUT2D eigenvalue weighted by Crippen LogP contribution is -1.88. The Balaban J connectivity index is 2.00. The summed E-state index contributed by atoms with van der Waals surface area (Å²) >= 11 is 1.61. The van der Waals surface area contributed by atoms with Crippen LogP contribution >= 0.6 is 11.3 Å². The van der Waals surface area contributed by atoms with Gasteiger partial charge in [-0.2, -0.15) is 0 Å². The number of ether oxygens (including phenoxy) is 2. The van der Waals surface area contributed by atoms with Crippen molar-refractivity contribution in [2.45, 2.75) is 0 Å². The summed E-state index contributed by atoms with van der Waals surface area (Å²) in [6.45, 7) is 0. The average Bonchev–Trinajstić information content (AvgIpc) is 3.05. The highest BCUT2D eigenvalue weighted by Gasteiger charge is 2.09. The van der Waals surface area contributed by atoms with Gasteiger partial charge in [-0.3, -0.25) is 0 Å². The largest absolute Gasteiger partial charge is 0.497 e. The first-order chi connectivity index (χ1) is 10.3. The van der Waals surface area contributed by atoms with Gasteiger partial charge >= 0.3 is 0 Å². The highest BCUT2D eigenvalue weighted by molar-refractivity contribution is 7.13. The molecule has 0 atom stereocenters. The lowest BCUT2D eigenvalue weighted by molar-refractivity contribution is 0.394. The van der Waals surface area contributed by atoms with Gasteiger partial charge in [-0.15, -0.1) is 11.3 Å². The number of methoxy groups -OCH3 is 2. The van der Waals surface area contributed by atoms with Gasteiger partial charge in [0.15, 0.2) is 0 Å². The van der Waals surface area contributed by atoms with Gasteiger partial charge in [-0.25, -0.2) is 4.98 Å². The first-order valence-electron chi connectivity index (χ1n) is 6.54. The summed E-state index contributed by atoms with van der Waals surface area (Å²) < 4.78 is 10.6. The highest BCUT2D eigenvalue weighted by atomic mass is 32.1. The summed E-state index contributed by atoms with van der Waals surface area (Å²) in [5.41, 5.74) is 3.10. The molecule has 3 aromatic rings. The maximum atomic E-state index is 5.31. The van der Waals surface area contributed by atoms with Crippen LogP contribution in [0.4, 0.5) is 0 Å². The quantitative estimate of drug-likeness (QED) is 0.711. The normalized spacial score (nSPS) is 10.4. The summed E-state index contributed by atoms with van der Waals surface area (Å²) in [6.07, 6.45) is 0. The SMILES string of the molecule is COc1cc(OC)cc(-c2nc(-c3ccccc3)cs2)c1. The number of rotatable bonds is 4. The van der Waals surface area contributed by atoms with E-state index >= 15 is 0 Å². The molecule has 0 aliphatic rings. The van der Waals surface area contributed by atoms with Crippen molar-refractivity contribution >= 4 is 11.3 Å². The molecule has 0 aliphatic carbocycles. The van der Waals surface area contributed by atoms with E-state index in [4.69, 9.17) is 14.5 Å². The van der Waals surface area contributed by atoms with Crippen LogP contribution in [-0.2, 0) is 0 Å². The molecule has 21 heavy (non-hydrogen) atoms. The third-order valence-electron chi connectivity index (χ3n) is 3.17. The van der Waals surface area contributed by atoms with E-state index in [1.165, 1.54) is 0 Å². The van der Waals surface area contributed by atoms with Crippen LogP contribution in [0.25, 0.3) is 21.8 Å². The monoisotopic (exact) mass is 297 g/mol. The minimum absolute atomic E-state index is 0.765. The number of hydrogen-bond donors (Lipinski definition) is 0. The zero-order valence-corrected chi connectivity index (χ0v) is 12.7. The maximum absolute atomic E-state index is 5.31. The molecule has 0 aliphatic heterocycles. The summed E-state index contributed by atoms with van der Waals surface area (Å²) in [4.78, 5) is 4.71. The fourth-order valence-corrected chi connectivity index (χ4v) is 2.90. The summed E-state index contributed by atoms with van der Waals surface area (Å²) in [6, 6.07) is 16.0. The molecule has 3 nitrogen and oxygen atoms in total. The molecule has 0 saturated carbocycles. The molecule has 0 saturated heterocycles. The Bertz CT molecular complexity index is 715. The lowest BCUT2D eigenvalue weighted by atomic mass is 10.2. The molecule has 0 amide bonds. The molecular weight excluding hydrogens is 282 g/mol. The van der Waals surface area contributed by atoms with E-state index in [0.717, 1.165) is 33.3 Å². The van der Waals surface area contributed by atoms with Crippen molar-refractivity contribution in [3.05, 3.63) is 53.9 Å². The molecule has 1 aromatic heterocycles. The van der Waals surface area contributed by atoms with Gasteiger partial charge in [-0.1, -0.05) is 30.3 Å². The van der Waals surface area contributed by atoms with Crippen molar-refractivity contribution in [3.8, 4) is 33.3 Å². The third-order valence-corrected chi connectivity index (χ3v) is 4.06. The Morgan fingerprint density at radius 1 is 0.857 bits per heavy atom. The second-order valence-electron chi connectivity index (χ2n) is 4.51. The van der Waals surface area contributed by atoms with Gasteiger partial charge in [0.2, 0.25) is 0 Å². The van der Waals surface area contributed by atoms with E-state index in [1.54, 1.807) is 25.6 Å². The second-order valence-corrected chi connectivity index (χ2v) is 5.36. The number of thiazole rings is 1. The van der Waals surface area contributed by atoms with E-state index < -0.39 is 0 Å². The summed E-state index contributed by atoms with van der Waals surface area (Å²) in [5, 5.41) is 3.02. The first kappa shape index (κ1) is 13.6. The number of nitrogens with zero attached hydrogens (tertiary/aromatic N) is 1. The minimum atomic E-state index is 0.765. The molecule has 0 radical (unpaired) electrons. The van der Waals surface area contributed by atoms with Crippen molar-refractivity contribution in [3.63, 3.8) is 0 Å². The van der Waals surface area contributed by atoms with Crippen LogP contribution in [0.3, 0.4) is 0 Å². The van der Waals surface area contributed by atoms with Crippen LogP contribution in [0.2, 0.25) is 0 Å². The van der Waals surface area contributed by atoms with Crippen molar-refractivity contribution in [1.82, 2.24) is 4.98 Å². The van der Waals surface area contributed by atoms with Gasteiger partial charge in [0.25, 0.3) is 0 Å². The molecule has 0 bridgehead atoms. The predicted octanol–water partition coefficient (Wildman–Crippen LogP) is 4.49. The molecule has 3 rings (SSSR count). The average molecular weight is 297 g/mol. The van der Waals surface area contributed by atoms with Crippen LogP contribution in [0.5, 0.6) is 11.5 Å². The van der Waals surface area contributed by atoms with E-state index in [1.807, 2.05) is 36.4 Å². The van der Waals surface area contributed by atoms with E-state index in [0.29, 0.717) is 0 Å². The molecule has 0 unspecified atom stereocenters. The zero-order valence-electron chi connectivity index (χ0n) is 11.9. The highest BCUT2D eigenvalue weighted by Crippen LogP contribution is 2.33. The van der Waals surface area contributed by atoms with Gasteiger partial charge < -0.3 is 9.47 Å². The van der Waals surface area contributed by atoms with Gasteiger partial charge in [-0.05, 0) is 12.1 Å². The molecule has 0 fully saturated rings. The molecule has 2 aromatic carbocycles. The summed E-state index contributed by atoms with van der Waals surface area (Å²) in [7, 11) is 3.30. The van der Waals surface area contributed by atoms with E-state index in [2.05, 4.69) is 17.5 Å². The van der Waals surface area contributed by atoms with Crippen LogP contribution in [-0.4, -0.2) is 19.2 Å². The van der Waals surface area contributed by atoms with Gasteiger partial charge in [0, 0.05) is 22.6 Å².